The summed E-state index contributed by atoms with van der Waals surface area (Å²) in [6, 6.07) is 18.1. The van der Waals surface area contributed by atoms with Crippen LogP contribution in [0.25, 0.3) is 0 Å². The molecule has 0 saturated heterocycles. The number of carbonyl (C=O) groups is 1. The van der Waals surface area contributed by atoms with Gasteiger partial charge in [0.1, 0.15) is 0 Å². The van der Waals surface area contributed by atoms with E-state index in [1.807, 2.05) is 0 Å². The van der Waals surface area contributed by atoms with Gasteiger partial charge in [-0.2, -0.15) is 0 Å². The van der Waals surface area contributed by atoms with Gasteiger partial charge in [0.15, 0.2) is 0 Å². The number of esters is 1. The Morgan fingerprint density at radius 1 is 1.06 bits per heavy atom. The van der Waals surface area contributed by atoms with Gasteiger partial charge in [0, 0.05) is 23.1 Å². The maximum absolute atomic E-state index is 12.9. The molecule has 3 aromatic rings. The molecule has 0 radical (unpaired) electrons. The lowest BCUT2D eigenvalue weighted by atomic mass is 10.1. The molecule has 172 valence electrons. The third kappa shape index (κ3) is 6.16. The quantitative estimate of drug-likeness (QED) is 0.262. The van der Waals surface area contributed by atoms with Crippen LogP contribution in [0.3, 0.4) is 0 Å². The second kappa shape index (κ2) is 10.6. The summed E-state index contributed by atoms with van der Waals surface area (Å²) < 4.78 is 33.7. The fraction of sp³-hybridized carbons (Fsp3) is 0.174. The van der Waals surface area contributed by atoms with Crippen molar-refractivity contribution < 1.29 is 22.9 Å². The SMILES string of the molecule is Cc1c(C(=O)OCCC(NS(=O)(=O)c2ccc(Cl)cc2)c2ccccc2)cccc1[N+](=O)[O-]. The number of nitro groups is 1. The third-order valence-electron chi connectivity index (χ3n) is 4.98. The van der Waals surface area contributed by atoms with Gasteiger partial charge in [0.05, 0.1) is 28.0 Å². The molecule has 0 saturated carbocycles. The van der Waals surface area contributed by atoms with Crippen molar-refractivity contribution in [3.8, 4) is 0 Å². The molecule has 0 bridgehead atoms. The Morgan fingerprint density at radius 2 is 1.73 bits per heavy atom. The van der Waals surface area contributed by atoms with Crippen molar-refractivity contribution >= 4 is 33.3 Å². The molecule has 0 aromatic heterocycles. The highest BCUT2D eigenvalue weighted by Gasteiger charge is 2.23. The van der Waals surface area contributed by atoms with Crippen LogP contribution >= 0.6 is 11.6 Å². The van der Waals surface area contributed by atoms with E-state index in [-0.39, 0.29) is 34.7 Å². The molecule has 3 rings (SSSR count). The molecule has 1 N–H and O–H groups in total. The normalized spacial score (nSPS) is 12.2. The van der Waals surface area contributed by atoms with Crippen molar-refractivity contribution in [3.05, 3.63) is 105 Å². The summed E-state index contributed by atoms with van der Waals surface area (Å²) >= 11 is 5.85. The second-order valence-electron chi connectivity index (χ2n) is 7.17. The second-order valence-corrected chi connectivity index (χ2v) is 9.32. The van der Waals surface area contributed by atoms with E-state index in [1.165, 1.54) is 49.4 Å². The van der Waals surface area contributed by atoms with Gasteiger partial charge in [0.25, 0.3) is 5.69 Å². The van der Waals surface area contributed by atoms with Crippen molar-refractivity contribution in [3.63, 3.8) is 0 Å². The number of ether oxygens (including phenoxy) is 1. The zero-order valence-electron chi connectivity index (χ0n) is 17.6. The lowest BCUT2D eigenvalue weighted by Gasteiger charge is -2.19. The van der Waals surface area contributed by atoms with Crippen LogP contribution in [-0.4, -0.2) is 25.9 Å². The number of nitro benzene ring substituents is 1. The number of halogens is 1. The van der Waals surface area contributed by atoms with E-state index < -0.39 is 27.0 Å². The van der Waals surface area contributed by atoms with Gasteiger partial charge < -0.3 is 4.74 Å². The highest BCUT2D eigenvalue weighted by atomic mass is 35.5. The van der Waals surface area contributed by atoms with Crippen LogP contribution in [0.1, 0.15) is 33.9 Å². The molecule has 1 unspecified atom stereocenters. The molecular formula is C23H21ClN2O6S. The minimum atomic E-state index is -3.87. The Hall–Kier alpha value is -3.27. The summed E-state index contributed by atoms with van der Waals surface area (Å²) in [5.41, 5.74) is 0.803. The van der Waals surface area contributed by atoms with E-state index in [4.69, 9.17) is 16.3 Å². The monoisotopic (exact) mass is 488 g/mol. The zero-order valence-corrected chi connectivity index (χ0v) is 19.2. The lowest BCUT2D eigenvalue weighted by Crippen LogP contribution is -2.30. The smallest absolute Gasteiger partial charge is 0.338 e. The number of nitrogens with zero attached hydrogens (tertiary/aromatic N) is 1. The Labute approximate surface area is 196 Å². The minimum absolute atomic E-state index is 0.0528. The van der Waals surface area contributed by atoms with Gasteiger partial charge in [-0.15, -0.1) is 0 Å². The summed E-state index contributed by atoms with van der Waals surface area (Å²) in [5.74, 6) is -0.719. The van der Waals surface area contributed by atoms with Gasteiger partial charge in [-0.25, -0.2) is 17.9 Å². The predicted molar refractivity (Wildman–Crippen MR) is 124 cm³/mol. The molecular weight excluding hydrogens is 468 g/mol. The molecule has 0 aliphatic rings. The van der Waals surface area contributed by atoms with Crippen molar-refractivity contribution in [1.82, 2.24) is 4.72 Å². The third-order valence-corrected chi connectivity index (χ3v) is 6.72. The summed E-state index contributed by atoms with van der Waals surface area (Å²) in [5, 5.41) is 11.5. The van der Waals surface area contributed by atoms with E-state index >= 15 is 0 Å². The topological polar surface area (TPSA) is 116 Å². The zero-order chi connectivity index (χ0) is 24.0. The fourth-order valence-electron chi connectivity index (χ4n) is 3.24. The number of rotatable bonds is 9. The molecule has 10 heteroatoms. The Kier molecular flexibility index (Phi) is 7.80. The highest BCUT2D eigenvalue weighted by Crippen LogP contribution is 2.24. The molecule has 0 amide bonds. The molecule has 33 heavy (non-hydrogen) atoms. The number of nitrogens with one attached hydrogen (secondary N) is 1. The summed E-state index contributed by atoms with van der Waals surface area (Å²) in [7, 11) is -3.87. The summed E-state index contributed by atoms with van der Waals surface area (Å²) in [6.45, 7) is 1.37. The van der Waals surface area contributed by atoms with E-state index in [0.29, 0.717) is 10.6 Å². The maximum Gasteiger partial charge on any atom is 0.338 e. The largest absolute Gasteiger partial charge is 0.462 e. The average molecular weight is 489 g/mol. The van der Waals surface area contributed by atoms with E-state index in [0.717, 1.165) is 0 Å². The Morgan fingerprint density at radius 3 is 2.36 bits per heavy atom. The predicted octanol–water partition coefficient (Wildman–Crippen LogP) is 4.82. The van der Waals surface area contributed by atoms with Gasteiger partial charge >= 0.3 is 5.97 Å². The van der Waals surface area contributed by atoms with Crippen molar-refractivity contribution in [2.24, 2.45) is 0 Å². The standard InChI is InChI=1S/C23H21ClN2O6S/c1-16-20(8-5-9-22(16)26(28)29)23(27)32-15-14-21(17-6-3-2-4-7-17)25-33(30,31)19-12-10-18(24)11-13-19/h2-13,21,25H,14-15H2,1H3. The molecule has 1 atom stereocenters. The number of hydrogen-bond donors (Lipinski definition) is 1. The lowest BCUT2D eigenvalue weighted by molar-refractivity contribution is -0.385. The van der Waals surface area contributed by atoms with E-state index in [1.54, 1.807) is 30.3 Å². The number of benzene rings is 3. The first-order chi connectivity index (χ1) is 15.7. The molecule has 3 aromatic carbocycles. The van der Waals surface area contributed by atoms with Crippen molar-refractivity contribution in [1.29, 1.82) is 0 Å². The molecule has 8 nitrogen and oxygen atoms in total. The summed E-state index contributed by atoms with van der Waals surface area (Å²) in [4.78, 5) is 23.1. The molecule has 0 heterocycles. The Bertz CT molecular complexity index is 1250. The van der Waals surface area contributed by atoms with Gasteiger partial charge in [-0.1, -0.05) is 48.0 Å². The van der Waals surface area contributed by atoms with Crippen LogP contribution < -0.4 is 4.72 Å². The molecule has 0 aliphatic carbocycles. The molecule has 0 spiro atoms. The number of carbonyl (C=O) groups excluding carboxylic acids is 1. The van der Waals surface area contributed by atoms with E-state index in [2.05, 4.69) is 4.72 Å². The van der Waals surface area contributed by atoms with Crippen LogP contribution in [0, 0.1) is 17.0 Å². The highest BCUT2D eigenvalue weighted by molar-refractivity contribution is 7.89. The first-order valence-electron chi connectivity index (χ1n) is 9.93. The van der Waals surface area contributed by atoms with Gasteiger partial charge in [-0.05, 0) is 42.8 Å². The van der Waals surface area contributed by atoms with Crippen LogP contribution in [0.5, 0.6) is 0 Å². The van der Waals surface area contributed by atoms with Crippen molar-refractivity contribution in [2.75, 3.05) is 6.61 Å². The number of hydrogen-bond acceptors (Lipinski definition) is 6. The van der Waals surface area contributed by atoms with Crippen LogP contribution in [-0.2, 0) is 14.8 Å². The summed E-state index contributed by atoms with van der Waals surface area (Å²) in [6.07, 6.45) is 0.149. The van der Waals surface area contributed by atoms with E-state index in [9.17, 15) is 23.3 Å². The van der Waals surface area contributed by atoms with Crippen LogP contribution in [0.15, 0.2) is 77.7 Å². The van der Waals surface area contributed by atoms with Gasteiger partial charge in [0.2, 0.25) is 10.0 Å². The molecule has 0 fully saturated rings. The van der Waals surface area contributed by atoms with Gasteiger partial charge in [-0.3, -0.25) is 10.1 Å². The van der Waals surface area contributed by atoms with Crippen LogP contribution in [0.4, 0.5) is 5.69 Å². The maximum atomic E-state index is 12.9. The first-order valence-corrected chi connectivity index (χ1v) is 11.8. The number of sulfonamides is 1. The first kappa shape index (κ1) is 24.4. The Balaban J connectivity index is 1.74. The average Bonchev–Trinajstić information content (AvgIpc) is 2.79. The molecule has 0 aliphatic heterocycles. The van der Waals surface area contributed by atoms with Crippen molar-refractivity contribution in [2.45, 2.75) is 24.3 Å². The van der Waals surface area contributed by atoms with Crippen LogP contribution in [0.2, 0.25) is 5.02 Å². The minimum Gasteiger partial charge on any atom is -0.462 e. The fourth-order valence-corrected chi connectivity index (χ4v) is 4.62.